The first-order valence-corrected chi connectivity index (χ1v) is 13.9. The molecule has 2 aliphatic rings. The fourth-order valence-electron chi connectivity index (χ4n) is 5.88. The molecule has 2 N–H and O–H groups in total. The average molecular weight is 541 g/mol. The molecule has 10 heteroatoms. The molecular weight excluding hydrogens is 504 g/mol. The number of benzene rings is 1. The number of piperazine rings is 1. The van der Waals surface area contributed by atoms with Crippen LogP contribution in [0.1, 0.15) is 36.6 Å². The fraction of sp³-hybridized carbons (Fsp3) is 0.400. The highest BCUT2D eigenvalue weighted by Crippen LogP contribution is 2.34. The van der Waals surface area contributed by atoms with Gasteiger partial charge in [-0.1, -0.05) is 12.1 Å². The van der Waals surface area contributed by atoms with Crippen LogP contribution in [0.2, 0.25) is 0 Å². The number of fused-ring (bicyclic) bond motifs is 2. The highest BCUT2D eigenvalue weighted by atomic mass is 16.3. The number of aliphatic hydroxyl groups is 1. The molecule has 0 radical (unpaired) electrons. The maximum absolute atomic E-state index is 13.4. The predicted molar refractivity (Wildman–Crippen MR) is 158 cm³/mol. The number of hydrogen-bond acceptors (Lipinski definition) is 8. The normalized spacial score (nSPS) is 19.6. The minimum atomic E-state index is -1.02. The number of pyridine rings is 1. The third-order valence-electron chi connectivity index (χ3n) is 8.08. The number of nitrogens with one attached hydrogen (secondary N) is 1. The molecule has 0 amide bonds. The largest absolute Gasteiger partial charge is 0.384 e. The first-order valence-electron chi connectivity index (χ1n) is 13.9. The number of allylic oxidation sites excluding steroid dienone is 1. The van der Waals surface area contributed by atoms with Gasteiger partial charge in [0, 0.05) is 43.8 Å². The van der Waals surface area contributed by atoms with E-state index in [0.717, 1.165) is 50.3 Å². The van der Waals surface area contributed by atoms with Crippen molar-refractivity contribution in [2.45, 2.75) is 45.3 Å². The van der Waals surface area contributed by atoms with E-state index in [4.69, 9.17) is 9.97 Å². The summed E-state index contributed by atoms with van der Waals surface area (Å²) in [5.74, 6) is 0.903. The van der Waals surface area contributed by atoms with Crippen molar-refractivity contribution >= 4 is 28.4 Å². The standard InChI is InChI=1S/C30H36N8O2/c1-5-13-37-28(39)23-19-31-29(32-22-9-10-24(20(2)18-22)36-16-14-35(4)15-17-36)34-27(23)38(37)25-11-8-21-7-6-12-30(3,40)26(21)33-25/h5,8-11,18-19,40H,1,6-7,12-17H2,2-4H3,(H,31,32,34)/t30-/m0/s1. The lowest BCUT2D eigenvalue weighted by atomic mass is 9.84. The molecule has 10 nitrogen and oxygen atoms in total. The van der Waals surface area contributed by atoms with Gasteiger partial charge in [0.25, 0.3) is 5.56 Å². The van der Waals surface area contributed by atoms with Crippen molar-refractivity contribution < 1.29 is 5.11 Å². The van der Waals surface area contributed by atoms with E-state index in [1.165, 1.54) is 11.3 Å². The number of rotatable bonds is 6. The lowest BCUT2D eigenvalue weighted by Gasteiger charge is -2.35. The molecule has 4 aromatic rings. The smallest absolute Gasteiger partial charge is 0.278 e. The van der Waals surface area contributed by atoms with Gasteiger partial charge in [0.15, 0.2) is 11.5 Å². The lowest BCUT2D eigenvalue weighted by molar-refractivity contribution is 0.0339. The second-order valence-corrected chi connectivity index (χ2v) is 11.1. The predicted octanol–water partition coefficient (Wildman–Crippen LogP) is 3.51. The summed E-state index contributed by atoms with van der Waals surface area (Å²) in [5.41, 5.74) is 4.16. The van der Waals surface area contributed by atoms with Crippen molar-refractivity contribution in [2.24, 2.45) is 0 Å². The van der Waals surface area contributed by atoms with Crippen LogP contribution < -0.4 is 15.8 Å². The maximum atomic E-state index is 13.4. The number of anilines is 3. The second kappa shape index (κ2) is 10.2. The lowest BCUT2D eigenvalue weighted by Crippen LogP contribution is -2.44. The number of aromatic nitrogens is 5. The van der Waals surface area contributed by atoms with Crippen LogP contribution in [0.4, 0.5) is 17.3 Å². The van der Waals surface area contributed by atoms with Gasteiger partial charge in [-0.05, 0) is 75.5 Å². The van der Waals surface area contributed by atoms with Crippen molar-refractivity contribution in [3.63, 3.8) is 0 Å². The van der Waals surface area contributed by atoms with Crippen LogP contribution in [0.15, 0.2) is 54.0 Å². The van der Waals surface area contributed by atoms with E-state index in [2.05, 4.69) is 52.8 Å². The SMILES string of the molecule is C=CCn1c(=O)c2cnc(Nc3ccc(N4CCN(C)CC4)c(C)c3)nc2n1-c1ccc2c(n1)[C@@](C)(O)CCC2. The zero-order valence-electron chi connectivity index (χ0n) is 23.4. The first-order chi connectivity index (χ1) is 19.2. The first kappa shape index (κ1) is 26.2. The number of likely N-dealkylation sites (N-methyl/N-ethyl adjacent to an activating group) is 1. The molecule has 1 aliphatic carbocycles. The molecule has 1 saturated heterocycles. The molecule has 40 heavy (non-hydrogen) atoms. The molecular formula is C30H36N8O2. The topological polar surface area (TPSA) is 104 Å². The number of nitrogens with zero attached hydrogens (tertiary/aromatic N) is 7. The van der Waals surface area contributed by atoms with Crippen LogP contribution >= 0.6 is 0 Å². The second-order valence-electron chi connectivity index (χ2n) is 11.1. The van der Waals surface area contributed by atoms with E-state index in [1.54, 1.807) is 28.6 Å². The van der Waals surface area contributed by atoms with Gasteiger partial charge < -0.3 is 20.2 Å². The Kier molecular flexibility index (Phi) is 6.67. The van der Waals surface area contributed by atoms with Crippen molar-refractivity contribution in [3.8, 4) is 5.82 Å². The third kappa shape index (κ3) is 4.67. The summed E-state index contributed by atoms with van der Waals surface area (Å²) < 4.78 is 3.26. The quantitative estimate of drug-likeness (QED) is 0.358. The van der Waals surface area contributed by atoms with E-state index in [9.17, 15) is 9.90 Å². The van der Waals surface area contributed by atoms with Gasteiger partial charge in [0.05, 0.1) is 12.2 Å². The zero-order chi connectivity index (χ0) is 28.0. The molecule has 1 aromatic carbocycles. The minimum Gasteiger partial charge on any atom is -0.384 e. The molecule has 4 heterocycles. The molecule has 6 rings (SSSR count). The Morgan fingerprint density at radius 3 is 2.70 bits per heavy atom. The molecule has 208 valence electrons. The van der Waals surface area contributed by atoms with Gasteiger partial charge in [0.1, 0.15) is 11.0 Å². The Morgan fingerprint density at radius 1 is 1.15 bits per heavy atom. The van der Waals surface area contributed by atoms with E-state index in [0.29, 0.717) is 34.9 Å². The summed E-state index contributed by atoms with van der Waals surface area (Å²) in [6, 6.07) is 10.2. The van der Waals surface area contributed by atoms with Crippen molar-refractivity contribution in [2.75, 3.05) is 43.4 Å². The zero-order valence-corrected chi connectivity index (χ0v) is 23.4. The molecule has 0 saturated carbocycles. The Labute approximate surface area is 233 Å². The fourth-order valence-corrected chi connectivity index (χ4v) is 5.88. The Hall–Kier alpha value is -4.02. The van der Waals surface area contributed by atoms with Crippen LogP contribution in [-0.2, 0) is 18.6 Å². The van der Waals surface area contributed by atoms with Crippen LogP contribution in [0.3, 0.4) is 0 Å². The van der Waals surface area contributed by atoms with E-state index in [-0.39, 0.29) is 12.1 Å². The summed E-state index contributed by atoms with van der Waals surface area (Å²) in [4.78, 5) is 32.2. The Bertz CT molecular complexity index is 1650. The van der Waals surface area contributed by atoms with Crippen molar-refractivity contribution in [1.29, 1.82) is 0 Å². The van der Waals surface area contributed by atoms with Gasteiger partial charge in [-0.3, -0.25) is 4.79 Å². The van der Waals surface area contributed by atoms with Gasteiger partial charge in [0.2, 0.25) is 5.95 Å². The highest BCUT2D eigenvalue weighted by molar-refractivity contribution is 5.77. The molecule has 1 fully saturated rings. The van der Waals surface area contributed by atoms with Gasteiger partial charge in [-0.25, -0.2) is 19.3 Å². The van der Waals surface area contributed by atoms with Crippen LogP contribution in [0.25, 0.3) is 16.9 Å². The number of hydrogen-bond donors (Lipinski definition) is 2. The van der Waals surface area contributed by atoms with E-state index >= 15 is 0 Å². The maximum Gasteiger partial charge on any atom is 0.278 e. The van der Waals surface area contributed by atoms with Gasteiger partial charge >= 0.3 is 0 Å². The summed E-state index contributed by atoms with van der Waals surface area (Å²) in [6.45, 7) is 12.2. The van der Waals surface area contributed by atoms with Crippen LogP contribution in [0.5, 0.6) is 0 Å². The van der Waals surface area contributed by atoms with E-state index in [1.807, 2.05) is 18.2 Å². The third-order valence-corrected chi connectivity index (χ3v) is 8.08. The molecule has 0 spiro atoms. The molecule has 0 bridgehead atoms. The summed E-state index contributed by atoms with van der Waals surface area (Å²) in [5, 5.41) is 14.7. The van der Waals surface area contributed by atoms with Crippen LogP contribution in [0, 0.1) is 6.92 Å². The summed E-state index contributed by atoms with van der Waals surface area (Å²) >= 11 is 0. The van der Waals surface area contributed by atoms with E-state index < -0.39 is 5.60 Å². The van der Waals surface area contributed by atoms with Crippen LogP contribution in [-0.4, -0.2) is 67.5 Å². The Balaban J connectivity index is 1.38. The van der Waals surface area contributed by atoms with Gasteiger partial charge in [-0.15, -0.1) is 6.58 Å². The monoisotopic (exact) mass is 540 g/mol. The molecule has 3 aromatic heterocycles. The summed E-state index contributed by atoms with van der Waals surface area (Å²) in [7, 11) is 2.16. The van der Waals surface area contributed by atoms with Crippen molar-refractivity contribution in [1.82, 2.24) is 29.2 Å². The van der Waals surface area contributed by atoms with Crippen molar-refractivity contribution in [3.05, 3.63) is 76.4 Å². The number of aryl methyl sites for hydroxylation is 2. The van der Waals surface area contributed by atoms with Gasteiger partial charge in [-0.2, -0.15) is 4.98 Å². The Morgan fingerprint density at radius 2 is 1.95 bits per heavy atom. The average Bonchev–Trinajstić information content (AvgIpc) is 3.20. The summed E-state index contributed by atoms with van der Waals surface area (Å²) in [6.07, 6.45) is 5.65. The minimum absolute atomic E-state index is 0.222. The molecule has 1 atom stereocenters. The molecule has 0 unspecified atom stereocenters. The molecule has 1 aliphatic heterocycles. The highest BCUT2D eigenvalue weighted by Gasteiger charge is 2.32.